The summed E-state index contributed by atoms with van der Waals surface area (Å²) in [6.45, 7) is 2.64. The third-order valence-electron chi connectivity index (χ3n) is 10.2. The fourth-order valence-corrected chi connectivity index (χ4v) is 8.74. The van der Waals surface area contributed by atoms with Crippen molar-refractivity contribution < 1.29 is 29.6 Å². The van der Waals surface area contributed by atoms with E-state index in [0.717, 1.165) is 25.5 Å². The zero-order valence-corrected chi connectivity index (χ0v) is 17.3. The van der Waals surface area contributed by atoms with Crippen LogP contribution in [0.3, 0.4) is 0 Å². The van der Waals surface area contributed by atoms with E-state index >= 15 is 0 Å². The maximum Gasteiger partial charge on any atom is 0.306 e. The summed E-state index contributed by atoms with van der Waals surface area (Å²) in [4.78, 5) is 24.2. The molecule has 6 nitrogen and oxygen atoms in total. The maximum atomic E-state index is 12.5. The summed E-state index contributed by atoms with van der Waals surface area (Å²) in [6, 6.07) is 0. The van der Waals surface area contributed by atoms with Gasteiger partial charge in [-0.3, -0.25) is 4.79 Å². The highest BCUT2D eigenvalue weighted by molar-refractivity contribution is 5.71. The second-order valence-electron chi connectivity index (χ2n) is 11.0. The molecular formula is C23H34O6. The molecule has 0 amide bonds. The van der Waals surface area contributed by atoms with Crippen LogP contribution in [0.25, 0.3) is 0 Å². The average Bonchev–Trinajstić information content (AvgIpc) is 3.21. The molecule has 0 bridgehead atoms. The van der Waals surface area contributed by atoms with Gasteiger partial charge in [-0.15, -0.1) is 0 Å². The van der Waals surface area contributed by atoms with Gasteiger partial charge in [0.1, 0.15) is 6.29 Å². The van der Waals surface area contributed by atoms with E-state index in [1.807, 2.05) is 0 Å². The lowest BCUT2D eigenvalue weighted by atomic mass is 9.41. The molecule has 0 unspecified atom stereocenters. The lowest BCUT2D eigenvalue weighted by molar-refractivity contribution is -0.250. The van der Waals surface area contributed by atoms with Crippen molar-refractivity contribution in [1.29, 1.82) is 0 Å². The molecule has 5 fully saturated rings. The summed E-state index contributed by atoms with van der Waals surface area (Å²) in [5.41, 5.74) is -3.20. The molecule has 1 heterocycles. The number of cyclic esters (lactones) is 1. The minimum Gasteiger partial charge on any atom is -0.465 e. The smallest absolute Gasteiger partial charge is 0.306 e. The van der Waals surface area contributed by atoms with Crippen molar-refractivity contribution in [3.05, 3.63) is 0 Å². The number of aliphatic hydroxyl groups is 3. The molecule has 1 aliphatic heterocycles. The van der Waals surface area contributed by atoms with Crippen LogP contribution in [0.2, 0.25) is 0 Å². The van der Waals surface area contributed by atoms with Crippen molar-refractivity contribution in [3.8, 4) is 0 Å². The second-order valence-corrected chi connectivity index (χ2v) is 11.0. The number of aliphatic hydroxyl groups excluding tert-OH is 1. The van der Waals surface area contributed by atoms with Gasteiger partial charge in [-0.2, -0.15) is 0 Å². The lowest BCUT2D eigenvalue weighted by Crippen LogP contribution is -2.68. The van der Waals surface area contributed by atoms with E-state index in [0.29, 0.717) is 45.1 Å². The van der Waals surface area contributed by atoms with E-state index in [4.69, 9.17) is 4.74 Å². The number of carbonyl (C=O) groups is 2. The van der Waals surface area contributed by atoms with Crippen molar-refractivity contribution in [3.63, 3.8) is 0 Å². The molecule has 29 heavy (non-hydrogen) atoms. The number of hydrogen-bond donors (Lipinski definition) is 3. The first-order valence-corrected chi connectivity index (χ1v) is 11.4. The van der Waals surface area contributed by atoms with Crippen LogP contribution >= 0.6 is 0 Å². The fraction of sp³-hybridized carbons (Fsp3) is 0.913. The highest BCUT2D eigenvalue weighted by Crippen LogP contribution is 2.70. The minimum absolute atomic E-state index is 0.0232. The van der Waals surface area contributed by atoms with Crippen molar-refractivity contribution in [1.82, 2.24) is 0 Å². The first-order chi connectivity index (χ1) is 13.7. The van der Waals surface area contributed by atoms with Crippen molar-refractivity contribution in [2.75, 3.05) is 6.61 Å². The SMILES string of the molecule is C[C@]12CC[C@H]3[C@@H](CC[C@]4(O)C[C@@H](O)CC[C@]34C=O)[C@@]1(O)CC[C@@H]2[C@@H]1COC(=O)C1. The predicted octanol–water partition coefficient (Wildman–Crippen LogP) is 1.98. The molecule has 6 heteroatoms. The summed E-state index contributed by atoms with van der Waals surface area (Å²) in [7, 11) is 0. The predicted molar refractivity (Wildman–Crippen MR) is 104 cm³/mol. The van der Waals surface area contributed by atoms with Gasteiger partial charge in [0.05, 0.1) is 35.7 Å². The molecule has 0 aromatic carbocycles. The van der Waals surface area contributed by atoms with Gasteiger partial charge in [0.25, 0.3) is 0 Å². The highest BCUT2D eigenvalue weighted by Gasteiger charge is 2.71. The molecule has 3 N–H and O–H groups in total. The molecule has 0 aromatic rings. The van der Waals surface area contributed by atoms with E-state index < -0.39 is 22.7 Å². The molecular weight excluding hydrogens is 372 g/mol. The van der Waals surface area contributed by atoms with Crippen molar-refractivity contribution in [2.45, 2.75) is 88.4 Å². The van der Waals surface area contributed by atoms with E-state index in [2.05, 4.69) is 6.92 Å². The van der Waals surface area contributed by atoms with Gasteiger partial charge in [0.15, 0.2) is 0 Å². The van der Waals surface area contributed by atoms with Gasteiger partial charge < -0.3 is 24.9 Å². The van der Waals surface area contributed by atoms with E-state index in [9.17, 15) is 24.9 Å². The maximum absolute atomic E-state index is 12.5. The molecule has 0 radical (unpaired) electrons. The van der Waals surface area contributed by atoms with Gasteiger partial charge in [-0.05, 0) is 74.5 Å². The molecule has 0 spiro atoms. The van der Waals surface area contributed by atoms with Gasteiger partial charge in [0.2, 0.25) is 0 Å². The zero-order chi connectivity index (χ0) is 20.7. The number of ether oxygens (including phenoxy) is 1. The molecule has 4 saturated carbocycles. The molecule has 0 aromatic heterocycles. The third-order valence-corrected chi connectivity index (χ3v) is 10.2. The zero-order valence-electron chi connectivity index (χ0n) is 17.3. The number of carbonyl (C=O) groups excluding carboxylic acids is 2. The van der Waals surface area contributed by atoms with Crippen LogP contribution < -0.4 is 0 Å². The lowest BCUT2D eigenvalue weighted by Gasteiger charge is -2.65. The Morgan fingerprint density at radius 2 is 1.72 bits per heavy atom. The number of fused-ring (bicyclic) bond motifs is 5. The van der Waals surface area contributed by atoms with Gasteiger partial charge in [-0.1, -0.05) is 6.92 Å². The quantitative estimate of drug-likeness (QED) is 0.479. The standard InChI is InChI=1S/C23H34O6/c1-20-6-3-17-18(4-8-22(27)11-15(25)2-7-21(17,22)13-24)23(20,28)9-5-16(20)14-10-19(26)29-12-14/h13-18,25,27-28H,2-12H2,1H3/t14-,15-,16+,17-,18+,20+,21-,22-,23-/m0/s1. The van der Waals surface area contributed by atoms with Crippen LogP contribution in [0, 0.1) is 34.5 Å². The summed E-state index contributed by atoms with van der Waals surface area (Å²) in [5.74, 6) is 0.213. The molecule has 4 aliphatic carbocycles. The third kappa shape index (κ3) is 2.40. The van der Waals surface area contributed by atoms with E-state index in [-0.39, 0.29) is 41.5 Å². The topological polar surface area (TPSA) is 104 Å². The minimum atomic E-state index is -1.17. The van der Waals surface area contributed by atoms with Gasteiger partial charge in [0, 0.05) is 12.3 Å². The molecule has 9 atom stereocenters. The second kappa shape index (κ2) is 6.27. The highest BCUT2D eigenvalue weighted by atomic mass is 16.5. The Morgan fingerprint density at radius 3 is 2.41 bits per heavy atom. The summed E-state index contributed by atoms with van der Waals surface area (Å²) in [5, 5.41) is 33.8. The van der Waals surface area contributed by atoms with Crippen LogP contribution in [0.5, 0.6) is 0 Å². The molecule has 162 valence electrons. The number of rotatable bonds is 2. The van der Waals surface area contributed by atoms with Crippen LogP contribution in [-0.4, -0.2) is 51.5 Å². The van der Waals surface area contributed by atoms with Crippen LogP contribution in [0.1, 0.15) is 71.1 Å². The van der Waals surface area contributed by atoms with E-state index in [1.54, 1.807) is 0 Å². The Balaban J connectivity index is 1.49. The first kappa shape index (κ1) is 20.0. The molecule has 5 rings (SSSR count). The number of hydrogen-bond acceptors (Lipinski definition) is 6. The molecule has 1 saturated heterocycles. The van der Waals surface area contributed by atoms with Crippen LogP contribution in [0.4, 0.5) is 0 Å². The fourth-order valence-electron chi connectivity index (χ4n) is 8.74. The summed E-state index contributed by atoms with van der Waals surface area (Å²) < 4.78 is 5.25. The van der Waals surface area contributed by atoms with Crippen molar-refractivity contribution in [2.24, 2.45) is 34.5 Å². The summed E-state index contributed by atoms with van der Waals surface area (Å²) in [6.07, 6.45) is 6.46. The number of aldehydes is 1. The largest absolute Gasteiger partial charge is 0.465 e. The Kier molecular flexibility index (Phi) is 4.31. The normalized spacial score (nSPS) is 56.8. The Morgan fingerprint density at radius 1 is 1.00 bits per heavy atom. The van der Waals surface area contributed by atoms with Crippen LogP contribution in [0.15, 0.2) is 0 Å². The molecule has 5 aliphatic rings. The van der Waals surface area contributed by atoms with Gasteiger partial charge >= 0.3 is 5.97 Å². The Labute approximate surface area is 172 Å². The van der Waals surface area contributed by atoms with Crippen LogP contribution in [-0.2, 0) is 14.3 Å². The van der Waals surface area contributed by atoms with E-state index in [1.165, 1.54) is 0 Å². The summed E-state index contributed by atoms with van der Waals surface area (Å²) >= 11 is 0. The average molecular weight is 407 g/mol. The van der Waals surface area contributed by atoms with Crippen molar-refractivity contribution >= 4 is 12.3 Å². The van der Waals surface area contributed by atoms with Gasteiger partial charge in [-0.25, -0.2) is 0 Å². The Hall–Kier alpha value is -0.980. The monoisotopic (exact) mass is 406 g/mol. The Bertz CT molecular complexity index is 724. The first-order valence-electron chi connectivity index (χ1n) is 11.4. The number of esters is 1.